The fourth-order valence-corrected chi connectivity index (χ4v) is 2.54. The summed E-state index contributed by atoms with van der Waals surface area (Å²) in [6, 6.07) is 11.1. The number of rotatable bonds is 5. The number of ether oxygens (including phenoxy) is 1. The van der Waals surface area contributed by atoms with E-state index in [9.17, 15) is 4.79 Å². The molecule has 1 aromatic heterocycles. The zero-order valence-electron chi connectivity index (χ0n) is 10.4. The second kappa shape index (κ2) is 6.55. The first-order valence-corrected chi connectivity index (χ1v) is 7.09. The summed E-state index contributed by atoms with van der Waals surface area (Å²) in [7, 11) is 0. The van der Waals surface area contributed by atoms with Crippen LogP contribution in [0.25, 0.3) is 6.08 Å². The zero-order chi connectivity index (χ0) is 13.7. The molecule has 0 aliphatic rings. The maximum absolute atomic E-state index is 11.9. The van der Waals surface area contributed by atoms with E-state index in [1.807, 2.05) is 31.2 Å². The van der Waals surface area contributed by atoms with Gasteiger partial charge in [0.2, 0.25) is 0 Å². The van der Waals surface area contributed by atoms with Crippen LogP contribution in [0.3, 0.4) is 0 Å². The Morgan fingerprint density at radius 2 is 2.21 bits per heavy atom. The molecular formula is C15H13ClO2S. The van der Waals surface area contributed by atoms with Crippen molar-refractivity contribution >= 4 is 34.8 Å². The molecule has 2 aromatic rings. The molecule has 1 heterocycles. The second-order valence-corrected chi connectivity index (χ2v) is 5.52. The number of thiophene rings is 1. The summed E-state index contributed by atoms with van der Waals surface area (Å²) < 4.78 is 6.03. The lowest BCUT2D eigenvalue weighted by Crippen LogP contribution is -1.91. The minimum absolute atomic E-state index is 0.0429. The van der Waals surface area contributed by atoms with Gasteiger partial charge >= 0.3 is 0 Å². The van der Waals surface area contributed by atoms with Gasteiger partial charge in [0.15, 0.2) is 5.78 Å². The number of halogens is 1. The van der Waals surface area contributed by atoms with Crippen molar-refractivity contribution in [3.05, 3.63) is 57.3 Å². The highest BCUT2D eigenvalue weighted by molar-refractivity contribution is 7.18. The summed E-state index contributed by atoms with van der Waals surface area (Å²) in [5.74, 6) is 0.759. The average Bonchev–Trinajstić information content (AvgIpc) is 2.84. The van der Waals surface area contributed by atoms with Crippen LogP contribution in [0.5, 0.6) is 5.75 Å². The van der Waals surface area contributed by atoms with E-state index >= 15 is 0 Å². The Labute approximate surface area is 121 Å². The Hall–Kier alpha value is -1.58. The number of allylic oxidation sites excluding steroid dienone is 1. The van der Waals surface area contributed by atoms with E-state index in [1.54, 1.807) is 24.3 Å². The quantitative estimate of drug-likeness (QED) is 0.590. The van der Waals surface area contributed by atoms with Gasteiger partial charge in [0.05, 0.1) is 15.8 Å². The Morgan fingerprint density at radius 1 is 1.37 bits per heavy atom. The zero-order valence-corrected chi connectivity index (χ0v) is 12.0. The van der Waals surface area contributed by atoms with Crippen molar-refractivity contribution < 1.29 is 9.53 Å². The van der Waals surface area contributed by atoms with Crippen molar-refractivity contribution in [1.29, 1.82) is 0 Å². The van der Waals surface area contributed by atoms with Gasteiger partial charge in [-0.15, -0.1) is 11.3 Å². The molecule has 0 unspecified atom stereocenters. The molecule has 98 valence electrons. The SMILES string of the molecule is CCOc1cccc(/C=C/C(=O)c2ccc(Cl)s2)c1. The van der Waals surface area contributed by atoms with Crippen LogP contribution in [0.1, 0.15) is 22.2 Å². The molecule has 0 saturated carbocycles. The van der Waals surface area contributed by atoms with Crippen molar-refractivity contribution in [2.24, 2.45) is 0 Å². The molecule has 0 aliphatic carbocycles. The van der Waals surface area contributed by atoms with Crippen LogP contribution in [0, 0.1) is 0 Å². The monoisotopic (exact) mass is 292 g/mol. The van der Waals surface area contributed by atoms with Gasteiger partial charge < -0.3 is 4.74 Å². The molecule has 0 amide bonds. The lowest BCUT2D eigenvalue weighted by atomic mass is 10.2. The van der Waals surface area contributed by atoms with Gasteiger partial charge in [-0.05, 0) is 42.8 Å². The van der Waals surface area contributed by atoms with Crippen LogP contribution in [0.4, 0.5) is 0 Å². The normalized spacial score (nSPS) is 10.8. The number of ketones is 1. The third-order valence-electron chi connectivity index (χ3n) is 2.41. The molecule has 4 heteroatoms. The summed E-state index contributed by atoms with van der Waals surface area (Å²) in [6.45, 7) is 2.56. The molecule has 1 aromatic carbocycles. The van der Waals surface area contributed by atoms with E-state index in [1.165, 1.54) is 11.3 Å². The van der Waals surface area contributed by atoms with E-state index < -0.39 is 0 Å². The third-order valence-corrected chi connectivity index (χ3v) is 3.66. The van der Waals surface area contributed by atoms with E-state index in [2.05, 4.69) is 0 Å². The highest BCUT2D eigenvalue weighted by Gasteiger charge is 2.04. The molecular weight excluding hydrogens is 280 g/mol. The van der Waals surface area contributed by atoms with Crippen molar-refractivity contribution in [2.45, 2.75) is 6.92 Å². The van der Waals surface area contributed by atoms with Gasteiger partial charge in [-0.3, -0.25) is 4.79 Å². The fourth-order valence-electron chi connectivity index (χ4n) is 1.58. The Morgan fingerprint density at radius 3 is 2.89 bits per heavy atom. The fraction of sp³-hybridized carbons (Fsp3) is 0.133. The van der Waals surface area contributed by atoms with Crippen molar-refractivity contribution in [3.8, 4) is 5.75 Å². The maximum Gasteiger partial charge on any atom is 0.195 e. The van der Waals surface area contributed by atoms with Gasteiger partial charge in [-0.1, -0.05) is 29.8 Å². The second-order valence-electron chi connectivity index (χ2n) is 3.81. The van der Waals surface area contributed by atoms with Crippen LogP contribution in [0.2, 0.25) is 4.34 Å². The van der Waals surface area contributed by atoms with Gasteiger partial charge in [0.25, 0.3) is 0 Å². The summed E-state index contributed by atoms with van der Waals surface area (Å²) in [5, 5.41) is 0. The molecule has 0 spiro atoms. The van der Waals surface area contributed by atoms with Crippen molar-refractivity contribution in [2.75, 3.05) is 6.61 Å². The molecule has 19 heavy (non-hydrogen) atoms. The average molecular weight is 293 g/mol. The van der Waals surface area contributed by atoms with Crippen LogP contribution in [-0.2, 0) is 0 Å². The number of carbonyl (C=O) groups excluding carboxylic acids is 1. The first-order chi connectivity index (χ1) is 9.19. The molecule has 0 atom stereocenters. The summed E-state index contributed by atoms with van der Waals surface area (Å²) in [6.07, 6.45) is 3.33. The molecule has 0 fully saturated rings. The van der Waals surface area contributed by atoms with Gasteiger partial charge in [-0.25, -0.2) is 0 Å². The van der Waals surface area contributed by atoms with Crippen molar-refractivity contribution in [3.63, 3.8) is 0 Å². The Balaban J connectivity index is 2.09. The van der Waals surface area contributed by atoms with E-state index in [0.29, 0.717) is 15.8 Å². The van der Waals surface area contributed by atoms with E-state index in [4.69, 9.17) is 16.3 Å². The van der Waals surface area contributed by atoms with Gasteiger partial charge in [0, 0.05) is 0 Å². The lowest BCUT2D eigenvalue weighted by Gasteiger charge is -2.02. The van der Waals surface area contributed by atoms with Crippen LogP contribution < -0.4 is 4.74 Å². The number of hydrogen-bond donors (Lipinski definition) is 0. The topological polar surface area (TPSA) is 26.3 Å². The molecule has 0 radical (unpaired) electrons. The van der Waals surface area contributed by atoms with Crippen molar-refractivity contribution in [1.82, 2.24) is 0 Å². The Kier molecular flexibility index (Phi) is 4.77. The minimum atomic E-state index is -0.0429. The van der Waals surface area contributed by atoms with Gasteiger partial charge in [0.1, 0.15) is 5.75 Å². The molecule has 2 nitrogen and oxygen atoms in total. The third kappa shape index (κ3) is 3.94. The Bertz CT molecular complexity index is 602. The summed E-state index contributed by atoms with van der Waals surface area (Å²) >= 11 is 7.09. The summed E-state index contributed by atoms with van der Waals surface area (Å²) in [4.78, 5) is 12.5. The predicted molar refractivity (Wildman–Crippen MR) is 80.3 cm³/mol. The molecule has 0 N–H and O–H groups in total. The first kappa shape index (κ1) is 13.8. The standard InChI is InChI=1S/C15H13ClO2S/c1-2-18-12-5-3-4-11(10-12)6-7-13(17)14-8-9-15(16)19-14/h3-10H,2H2,1H3/b7-6+. The molecule has 0 saturated heterocycles. The van der Waals surface area contributed by atoms with E-state index in [0.717, 1.165) is 11.3 Å². The number of benzene rings is 1. The smallest absolute Gasteiger partial charge is 0.195 e. The van der Waals surface area contributed by atoms with Crippen LogP contribution in [-0.4, -0.2) is 12.4 Å². The number of carbonyl (C=O) groups is 1. The highest BCUT2D eigenvalue weighted by atomic mass is 35.5. The predicted octanol–water partition coefficient (Wildman–Crippen LogP) is 4.70. The highest BCUT2D eigenvalue weighted by Crippen LogP contribution is 2.22. The van der Waals surface area contributed by atoms with Crippen LogP contribution in [0.15, 0.2) is 42.5 Å². The van der Waals surface area contributed by atoms with E-state index in [-0.39, 0.29) is 5.78 Å². The summed E-state index contributed by atoms with van der Waals surface area (Å²) in [5.41, 5.74) is 0.932. The molecule has 0 bridgehead atoms. The minimum Gasteiger partial charge on any atom is -0.494 e. The molecule has 2 rings (SSSR count). The number of hydrogen-bond acceptors (Lipinski definition) is 3. The first-order valence-electron chi connectivity index (χ1n) is 5.89. The largest absolute Gasteiger partial charge is 0.494 e. The molecule has 0 aliphatic heterocycles. The van der Waals surface area contributed by atoms with Crippen LogP contribution >= 0.6 is 22.9 Å². The van der Waals surface area contributed by atoms with Gasteiger partial charge in [-0.2, -0.15) is 0 Å². The maximum atomic E-state index is 11.9. The lowest BCUT2D eigenvalue weighted by molar-refractivity contribution is 0.105.